The predicted molar refractivity (Wildman–Crippen MR) is 102 cm³/mol. The number of hydrogen-bond acceptors (Lipinski definition) is 3. The van der Waals surface area contributed by atoms with Gasteiger partial charge in [0.1, 0.15) is 18.1 Å². The summed E-state index contributed by atoms with van der Waals surface area (Å²) in [6.07, 6.45) is 0. The highest BCUT2D eigenvalue weighted by Gasteiger charge is 1.98. The lowest BCUT2D eigenvalue weighted by atomic mass is 10.2. The van der Waals surface area contributed by atoms with E-state index in [-0.39, 0.29) is 0 Å². The molecule has 3 aromatic rings. The molecule has 3 heteroatoms. The van der Waals surface area contributed by atoms with Crippen molar-refractivity contribution in [1.29, 1.82) is 0 Å². The lowest BCUT2D eigenvalue weighted by Crippen LogP contribution is -1.93. The second-order valence-corrected chi connectivity index (χ2v) is 6.35. The average Bonchev–Trinajstić information content (AvgIpc) is 2.68. The second-order valence-electron chi connectivity index (χ2n) is 5.21. The summed E-state index contributed by atoms with van der Waals surface area (Å²) in [7, 11) is 1.65. The third kappa shape index (κ3) is 5.34. The Morgan fingerprint density at radius 1 is 0.760 bits per heavy atom. The number of rotatable bonds is 5. The average molecular weight is 346 g/mol. The van der Waals surface area contributed by atoms with Gasteiger partial charge in [-0.05, 0) is 60.7 Å². The van der Waals surface area contributed by atoms with Crippen molar-refractivity contribution in [2.24, 2.45) is 0 Å². The van der Waals surface area contributed by atoms with Gasteiger partial charge in [0.15, 0.2) is 0 Å². The van der Waals surface area contributed by atoms with Crippen molar-refractivity contribution in [2.45, 2.75) is 9.79 Å². The van der Waals surface area contributed by atoms with Crippen LogP contribution in [0, 0.1) is 11.8 Å². The van der Waals surface area contributed by atoms with Crippen LogP contribution in [-0.4, -0.2) is 13.7 Å². The van der Waals surface area contributed by atoms with E-state index in [1.165, 1.54) is 9.79 Å². The van der Waals surface area contributed by atoms with E-state index in [0.717, 1.165) is 17.1 Å². The van der Waals surface area contributed by atoms with Crippen LogP contribution < -0.4 is 9.47 Å². The first-order chi connectivity index (χ1) is 12.3. The van der Waals surface area contributed by atoms with E-state index >= 15 is 0 Å². The second kappa shape index (κ2) is 8.86. The van der Waals surface area contributed by atoms with E-state index in [1.54, 1.807) is 18.9 Å². The van der Waals surface area contributed by atoms with Crippen molar-refractivity contribution in [3.63, 3.8) is 0 Å². The summed E-state index contributed by atoms with van der Waals surface area (Å²) in [4.78, 5) is 2.41. The minimum atomic E-state index is 0.358. The van der Waals surface area contributed by atoms with Gasteiger partial charge in [-0.2, -0.15) is 0 Å². The molecule has 124 valence electrons. The molecule has 0 aliphatic heterocycles. The molecule has 0 heterocycles. The van der Waals surface area contributed by atoms with Gasteiger partial charge in [-0.25, -0.2) is 0 Å². The van der Waals surface area contributed by atoms with Gasteiger partial charge < -0.3 is 9.47 Å². The van der Waals surface area contributed by atoms with E-state index in [1.807, 2.05) is 54.6 Å². The molecule has 0 N–H and O–H groups in total. The number of hydrogen-bond donors (Lipinski definition) is 0. The third-order valence-electron chi connectivity index (χ3n) is 3.44. The number of benzene rings is 3. The molecule has 0 bridgehead atoms. The van der Waals surface area contributed by atoms with Gasteiger partial charge >= 0.3 is 0 Å². The first kappa shape index (κ1) is 17.0. The minimum Gasteiger partial charge on any atom is -0.497 e. The fourth-order valence-corrected chi connectivity index (χ4v) is 3.00. The first-order valence-electron chi connectivity index (χ1n) is 7.92. The fraction of sp³-hybridized carbons (Fsp3) is 0.0909. The van der Waals surface area contributed by atoms with Gasteiger partial charge in [0.05, 0.1) is 7.11 Å². The smallest absolute Gasteiger partial charge is 0.149 e. The lowest BCUT2D eigenvalue weighted by molar-refractivity contribution is 0.370. The Morgan fingerprint density at radius 3 is 2.08 bits per heavy atom. The van der Waals surface area contributed by atoms with Crippen LogP contribution in [0.2, 0.25) is 0 Å². The minimum absolute atomic E-state index is 0.358. The van der Waals surface area contributed by atoms with Gasteiger partial charge in [-0.1, -0.05) is 41.8 Å². The summed E-state index contributed by atoms with van der Waals surface area (Å²) < 4.78 is 10.8. The Bertz CT molecular complexity index is 845. The molecule has 0 amide bonds. The molecule has 0 saturated heterocycles. The molecule has 0 unspecified atom stereocenters. The normalized spacial score (nSPS) is 9.80. The van der Waals surface area contributed by atoms with Crippen molar-refractivity contribution < 1.29 is 9.47 Å². The van der Waals surface area contributed by atoms with Gasteiger partial charge in [-0.3, -0.25) is 0 Å². The lowest BCUT2D eigenvalue weighted by Gasteiger charge is -2.04. The molecule has 0 fully saturated rings. The van der Waals surface area contributed by atoms with Gasteiger partial charge in [-0.15, -0.1) is 0 Å². The molecule has 0 aromatic heterocycles. The van der Waals surface area contributed by atoms with Gasteiger partial charge in [0, 0.05) is 15.4 Å². The highest BCUT2D eigenvalue weighted by atomic mass is 32.2. The maximum atomic E-state index is 5.67. The highest BCUT2D eigenvalue weighted by Crippen LogP contribution is 2.28. The molecule has 2 nitrogen and oxygen atoms in total. The van der Waals surface area contributed by atoms with Crippen LogP contribution in [0.15, 0.2) is 88.7 Å². The largest absolute Gasteiger partial charge is 0.497 e. The molecular weight excluding hydrogens is 328 g/mol. The molecule has 3 rings (SSSR count). The Hall–Kier alpha value is -2.83. The summed E-state index contributed by atoms with van der Waals surface area (Å²) in [5, 5.41) is 0. The maximum absolute atomic E-state index is 5.67. The maximum Gasteiger partial charge on any atom is 0.149 e. The SMILES string of the molecule is COc1ccc(C#CCOc2ccc(Sc3ccccc3)cc2)cc1. The van der Waals surface area contributed by atoms with Crippen molar-refractivity contribution >= 4 is 11.8 Å². The van der Waals surface area contributed by atoms with Crippen LogP contribution in [0.1, 0.15) is 5.56 Å². The van der Waals surface area contributed by atoms with Crippen molar-refractivity contribution in [1.82, 2.24) is 0 Å². The van der Waals surface area contributed by atoms with E-state index < -0.39 is 0 Å². The van der Waals surface area contributed by atoms with Crippen molar-refractivity contribution in [3.05, 3.63) is 84.4 Å². The molecule has 0 atom stereocenters. The number of methoxy groups -OCH3 is 1. The molecule has 0 spiro atoms. The molecular formula is C22H18O2S. The Morgan fingerprint density at radius 2 is 1.40 bits per heavy atom. The van der Waals surface area contributed by atoms with Gasteiger partial charge in [0.2, 0.25) is 0 Å². The molecule has 3 aromatic carbocycles. The molecule has 0 radical (unpaired) electrons. The van der Waals surface area contributed by atoms with Crippen LogP contribution in [-0.2, 0) is 0 Å². The summed E-state index contributed by atoms with van der Waals surface area (Å²) >= 11 is 1.73. The number of ether oxygens (including phenoxy) is 2. The fourth-order valence-electron chi connectivity index (χ4n) is 2.16. The van der Waals surface area contributed by atoms with E-state index in [4.69, 9.17) is 9.47 Å². The van der Waals surface area contributed by atoms with Crippen LogP contribution in [0.5, 0.6) is 11.5 Å². The molecule has 0 aliphatic rings. The van der Waals surface area contributed by atoms with Crippen LogP contribution in [0.25, 0.3) is 0 Å². The van der Waals surface area contributed by atoms with E-state index in [2.05, 4.69) is 36.1 Å². The molecule has 0 saturated carbocycles. The summed E-state index contributed by atoms with van der Waals surface area (Å²) in [5.74, 6) is 7.75. The van der Waals surface area contributed by atoms with Crippen molar-refractivity contribution in [2.75, 3.05) is 13.7 Å². The summed E-state index contributed by atoms with van der Waals surface area (Å²) in [5.41, 5.74) is 0.944. The predicted octanol–water partition coefficient (Wildman–Crippen LogP) is 5.28. The molecule has 25 heavy (non-hydrogen) atoms. The Kier molecular flexibility index (Phi) is 6.03. The third-order valence-corrected chi connectivity index (χ3v) is 4.45. The van der Waals surface area contributed by atoms with Crippen LogP contribution in [0.3, 0.4) is 0 Å². The topological polar surface area (TPSA) is 18.5 Å². The standard InChI is InChI=1S/C22H18O2S/c1-23-19-11-9-18(10-12-19)6-5-17-24-20-13-15-22(16-14-20)25-21-7-3-2-4-8-21/h2-4,7-16H,17H2,1H3. The zero-order valence-corrected chi connectivity index (χ0v) is 14.8. The Balaban J connectivity index is 1.51. The van der Waals surface area contributed by atoms with Crippen molar-refractivity contribution in [3.8, 4) is 23.3 Å². The Labute approximate surface area is 152 Å². The van der Waals surface area contributed by atoms with E-state index in [9.17, 15) is 0 Å². The highest BCUT2D eigenvalue weighted by molar-refractivity contribution is 7.99. The zero-order chi connectivity index (χ0) is 17.3. The van der Waals surface area contributed by atoms with Crippen LogP contribution >= 0.6 is 11.8 Å². The van der Waals surface area contributed by atoms with Gasteiger partial charge in [0.25, 0.3) is 0 Å². The van der Waals surface area contributed by atoms with E-state index in [0.29, 0.717) is 6.61 Å². The summed E-state index contributed by atoms with van der Waals surface area (Å²) in [6, 6.07) is 26.0. The summed E-state index contributed by atoms with van der Waals surface area (Å²) in [6.45, 7) is 0.358. The molecule has 0 aliphatic carbocycles. The monoisotopic (exact) mass is 346 g/mol. The quantitative estimate of drug-likeness (QED) is 0.586. The zero-order valence-electron chi connectivity index (χ0n) is 13.9. The van der Waals surface area contributed by atoms with Crippen LogP contribution in [0.4, 0.5) is 0 Å². The first-order valence-corrected chi connectivity index (χ1v) is 8.74.